The third-order valence-corrected chi connectivity index (χ3v) is 5.00. The second-order valence-corrected chi connectivity index (χ2v) is 7.17. The molecule has 1 aliphatic heterocycles. The Morgan fingerprint density at radius 1 is 1.29 bits per heavy atom. The van der Waals surface area contributed by atoms with Crippen molar-refractivity contribution in [2.75, 3.05) is 42.9 Å². The van der Waals surface area contributed by atoms with Gasteiger partial charge in [0, 0.05) is 44.1 Å². The standard InChI is InChI=1S/C19H30N4O/c1-2-4-18(20)19(24)21-16-5-3-6-17(13-16)23-11-9-22(10-12-23)14-15-7-8-15/h3,5-6,13,15,18H,2,4,7-12,14,20H2,1H3,(H,21,24). The van der Waals surface area contributed by atoms with Crippen molar-refractivity contribution in [3.05, 3.63) is 24.3 Å². The Bertz CT molecular complexity index is 550. The summed E-state index contributed by atoms with van der Waals surface area (Å²) < 4.78 is 0. The Hall–Kier alpha value is -1.59. The number of piperazine rings is 1. The Morgan fingerprint density at radius 3 is 2.71 bits per heavy atom. The van der Waals surface area contributed by atoms with E-state index in [-0.39, 0.29) is 5.91 Å². The molecule has 1 heterocycles. The van der Waals surface area contributed by atoms with Crippen LogP contribution < -0.4 is 16.0 Å². The van der Waals surface area contributed by atoms with Crippen molar-refractivity contribution in [1.29, 1.82) is 0 Å². The number of hydrogen-bond acceptors (Lipinski definition) is 4. The van der Waals surface area contributed by atoms with Gasteiger partial charge in [-0.1, -0.05) is 19.4 Å². The van der Waals surface area contributed by atoms with Gasteiger partial charge in [0.05, 0.1) is 6.04 Å². The second kappa shape index (κ2) is 7.99. The van der Waals surface area contributed by atoms with E-state index in [4.69, 9.17) is 5.73 Å². The third kappa shape index (κ3) is 4.71. The molecule has 0 radical (unpaired) electrons. The first-order chi connectivity index (χ1) is 11.7. The highest BCUT2D eigenvalue weighted by Crippen LogP contribution is 2.30. The molecule has 132 valence electrons. The van der Waals surface area contributed by atoms with E-state index >= 15 is 0 Å². The molecular weight excluding hydrogens is 300 g/mol. The van der Waals surface area contributed by atoms with Gasteiger partial charge in [-0.25, -0.2) is 0 Å². The molecule has 3 rings (SSSR count). The zero-order valence-electron chi connectivity index (χ0n) is 14.7. The fraction of sp³-hybridized carbons (Fsp3) is 0.632. The number of nitrogens with one attached hydrogen (secondary N) is 1. The molecule has 1 amide bonds. The summed E-state index contributed by atoms with van der Waals surface area (Å²) in [5.41, 5.74) is 7.91. The van der Waals surface area contributed by atoms with E-state index in [0.717, 1.165) is 44.2 Å². The minimum Gasteiger partial charge on any atom is -0.369 e. The summed E-state index contributed by atoms with van der Waals surface area (Å²) in [5.74, 6) is 0.866. The summed E-state index contributed by atoms with van der Waals surface area (Å²) >= 11 is 0. The quantitative estimate of drug-likeness (QED) is 0.805. The maximum Gasteiger partial charge on any atom is 0.241 e. The molecule has 24 heavy (non-hydrogen) atoms. The summed E-state index contributed by atoms with van der Waals surface area (Å²) in [6, 6.07) is 7.70. The molecule has 1 aromatic rings. The van der Waals surface area contributed by atoms with Crippen LogP contribution in [0.25, 0.3) is 0 Å². The van der Waals surface area contributed by atoms with Crippen molar-refractivity contribution < 1.29 is 4.79 Å². The zero-order chi connectivity index (χ0) is 16.9. The number of hydrogen-bond donors (Lipinski definition) is 2. The summed E-state index contributed by atoms with van der Waals surface area (Å²) in [7, 11) is 0. The number of carbonyl (C=O) groups is 1. The van der Waals surface area contributed by atoms with Crippen LogP contribution in [0, 0.1) is 5.92 Å². The van der Waals surface area contributed by atoms with Crippen LogP contribution in [0.15, 0.2) is 24.3 Å². The number of nitrogens with two attached hydrogens (primary N) is 1. The first-order valence-corrected chi connectivity index (χ1v) is 9.29. The largest absolute Gasteiger partial charge is 0.369 e. The van der Waals surface area contributed by atoms with Crippen molar-refractivity contribution in [3.8, 4) is 0 Å². The lowest BCUT2D eigenvalue weighted by Crippen LogP contribution is -2.47. The lowest BCUT2D eigenvalue weighted by Gasteiger charge is -2.36. The van der Waals surface area contributed by atoms with E-state index < -0.39 is 6.04 Å². The number of rotatable bonds is 7. The molecule has 1 atom stereocenters. The van der Waals surface area contributed by atoms with Crippen molar-refractivity contribution in [2.45, 2.75) is 38.6 Å². The molecule has 5 heteroatoms. The monoisotopic (exact) mass is 330 g/mol. The average Bonchev–Trinajstić information content (AvgIpc) is 3.40. The first kappa shape index (κ1) is 17.2. The summed E-state index contributed by atoms with van der Waals surface area (Å²) in [6.07, 6.45) is 4.47. The average molecular weight is 330 g/mol. The van der Waals surface area contributed by atoms with Gasteiger partial charge in [-0.05, 0) is 43.4 Å². The molecule has 1 saturated carbocycles. The van der Waals surface area contributed by atoms with Gasteiger partial charge < -0.3 is 16.0 Å². The molecule has 5 nitrogen and oxygen atoms in total. The molecule has 1 saturated heterocycles. The van der Waals surface area contributed by atoms with E-state index in [0.29, 0.717) is 6.42 Å². The van der Waals surface area contributed by atoms with Crippen LogP contribution >= 0.6 is 0 Å². The minimum absolute atomic E-state index is 0.0942. The molecule has 2 aliphatic rings. The maximum atomic E-state index is 12.1. The number of anilines is 2. The highest BCUT2D eigenvalue weighted by atomic mass is 16.2. The van der Waals surface area contributed by atoms with Gasteiger partial charge in [-0.2, -0.15) is 0 Å². The normalized spacial score (nSPS) is 20.0. The van der Waals surface area contributed by atoms with Crippen LogP contribution in [-0.2, 0) is 4.79 Å². The predicted molar refractivity (Wildman–Crippen MR) is 99.3 cm³/mol. The van der Waals surface area contributed by atoms with E-state index in [1.165, 1.54) is 25.1 Å². The molecule has 1 unspecified atom stereocenters. The Kier molecular flexibility index (Phi) is 5.74. The van der Waals surface area contributed by atoms with E-state index in [1.54, 1.807) is 0 Å². The number of benzene rings is 1. The van der Waals surface area contributed by atoms with Gasteiger partial charge in [0.2, 0.25) is 5.91 Å². The van der Waals surface area contributed by atoms with Crippen LogP contribution in [0.3, 0.4) is 0 Å². The lowest BCUT2D eigenvalue weighted by atomic mass is 10.1. The van der Waals surface area contributed by atoms with E-state index in [2.05, 4.69) is 27.2 Å². The Balaban J connectivity index is 1.54. The van der Waals surface area contributed by atoms with Crippen molar-refractivity contribution in [1.82, 2.24) is 4.90 Å². The van der Waals surface area contributed by atoms with Crippen molar-refractivity contribution in [3.63, 3.8) is 0 Å². The smallest absolute Gasteiger partial charge is 0.241 e. The van der Waals surface area contributed by atoms with Crippen LogP contribution in [0.4, 0.5) is 11.4 Å². The highest BCUT2D eigenvalue weighted by molar-refractivity contribution is 5.95. The fourth-order valence-electron chi connectivity index (χ4n) is 3.31. The Morgan fingerprint density at radius 2 is 2.04 bits per heavy atom. The molecule has 3 N–H and O–H groups in total. The predicted octanol–water partition coefficient (Wildman–Crippen LogP) is 2.28. The Labute approximate surface area is 145 Å². The molecule has 0 spiro atoms. The number of carbonyl (C=O) groups excluding carboxylic acids is 1. The SMILES string of the molecule is CCCC(N)C(=O)Nc1cccc(N2CCN(CC3CC3)CC2)c1. The summed E-state index contributed by atoms with van der Waals surface area (Å²) in [6.45, 7) is 7.69. The minimum atomic E-state index is -0.426. The van der Waals surface area contributed by atoms with E-state index in [1.807, 2.05) is 19.1 Å². The number of amides is 1. The van der Waals surface area contributed by atoms with Gasteiger partial charge in [0.1, 0.15) is 0 Å². The van der Waals surface area contributed by atoms with Crippen LogP contribution in [0.1, 0.15) is 32.6 Å². The van der Waals surface area contributed by atoms with Gasteiger partial charge in [-0.3, -0.25) is 9.69 Å². The summed E-state index contributed by atoms with van der Waals surface area (Å²) in [5, 5.41) is 2.95. The zero-order valence-corrected chi connectivity index (χ0v) is 14.7. The van der Waals surface area contributed by atoms with Gasteiger partial charge in [-0.15, -0.1) is 0 Å². The molecule has 2 fully saturated rings. The van der Waals surface area contributed by atoms with Gasteiger partial charge >= 0.3 is 0 Å². The topological polar surface area (TPSA) is 61.6 Å². The van der Waals surface area contributed by atoms with Crippen molar-refractivity contribution in [2.24, 2.45) is 11.7 Å². The molecule has 1 aromatic carbocycles. The number of nitrogens with zero attached hydrogens (tertiary/aromatic N) is 2. The van der Waals surface area contributed by atoms with E-state index in [9.17, 15) is 4.79 Å². The lowest BCUT2D eigenvalue weighted by molar-refractivity contribution is -0.117. The van der Waals surface area contributed by atoms with Crippen LogP contribution in [0.5, 0.6) is 0 Å². The van der Waals surface area contributed by atoms with Gasteiger partial charge in [0.15, 0.2) is 0 Å². The highest BCUT2D eigenvalue weighted by Gasteiger charge is 2.26. The molecule has 1 aliphatic carbocycles. The summed E-state index contributed by atoms with van der Waals surface area (Å²) in [4.78, 5) is 17.1. The fourth-order valence-corrected chi connectivity index (χ4v) is 3.31. The first-order valence-electron chi connectivity index (χ1n) is 9.29. The van der Waals surface area contributed by atoms with Crippen LogP contribution in [0.2, 0.25) is 0 Å². The molecule has 0 bridgehead atoms. The van der Waals surface area contributed by atoms with Crippen LogP contribution in [-0.4, -0.2) is 49.6 Å². The van der Waals surface area contributed by atoms with Gasteiger partial charge in [0.25, 0.3) is 0 Å². The maximum absolute atomic E-state index is 12.1. The van der Waals surface area contributed by atoms with Crippen molar-refractivity contribution >= 4 is 17.3 Å². The third-order valence-electron chi connectivity index (χ3n) is 5.00. The molecular formula is C19H30N4O. The second-order valence-electron chi connectivity index (χ2n) is 7.17. The molecule has 0 aromatic heterocycles.